The summed E-state index contributed by atoms with van der Waals surface area (Å²) >= 11 is 14.8. The van der Waals surface area contributed by atoms with E-state index in [0.717, 1.165) is 16.8 Å². The van der Waals surface area contributed by atoms with Crippen molar-refractivity contribution in [2.45, 2.75) is 6.18 Å². The highest BCUT2D eigenvalue weighted by Crippen LogP contribution is 2.38. The van der Waals surface area contributed by atoms with Gasteiger partial charge in [0.2, 0.25) is 0 Å². The zero-order valence-electron chi connectivity index (χ0n) is 8.97. The van der Waals surface area contributed by atoms with E-state index in [1.165, 1.54) is 6.20 Å². The number of hydrogen-bond acceptors (Lipinski definition) is 2. The molecule has 3 nitrogen and oxygen atoms in total. The van der Waals surface area contributed by atoms with Gasteiger partial charge in [-0.1, -0.05) is 23.2 Å². The number of rotatable bonds is 1. The number of anilines is 1. The van der Waals surface area contributed by atoms with Gasteiger partial charge in [0.1, 0.15) is 11.5 Å². The standard InChI is InChI=1S/C10H5BrCl2F3N3/c11-5-3-18-19(9(5)17)8-6(12)1-4(2-7(8)13)10(14,15)16/h1-3H,17H2. The molecule has 0 saturated heterocycles. The highest BCUT2D eigenvalue weighted by Gasteiger charge is 2.32. The van der Waals surface area contributed by atoms with Crippen LogP contribution in [0.1, 0.15) is 5.56 Å². The summed E-state index contributed by atoms with van der Waals surface area (Å²) in [6.45, 7) is 0. The van der Waals surface area contributed by atoms with Gasteiger partial charge < -0.3 is 5.73 Å². The summed E-state index contributed by atoms with van der Waals surface area (Å²) in [6.07, 6.45) is -3.14. The van der Waals surface area contributed by atoms with Crippen LogP contribution in [0.5, 0.6) is 0 Å². The first kappa shape index (κ1) is 14.5. The molecule has 0 aliphatic rings. The predicted octanol–water partition coefficient (Wildman–Crippen LogP) is 4.54. The third kappa shape index (κ3) is 2.68. The Bertz CT molecular complexity index is 616. The second-order valence-corrected chi connectivity index (χ2v) is 5.24. The van der Waals surface area contributed by atoms with Gasteiger partial charge in [0, 0.05) is 0 Å². The Morgan fingerprint density at radius 1 is 1.21 bits per heavy atom. The lowest BCUT2D eigenvalue weighted by atomic mass is 10.2. The fourth-order valence-electron chi connectivity index (χ4n) is 1.45. The summed E-state index contributed by atoms with van der Waals surface area (Å²) in [5.74, 6) is 0.184. The summed E-state index contributed by atoms with van der Waals surface area (Å²) in [7, 11) is 0. The molecule has 9 heteroatoms. The lowest BCUT2D eigenvalue weighted by molar-refractivity contribution is -0.137. The molecule has 0 fully saturated rings. The molecule has 0 atom stereocenters. The van der Waals surface area contributed by atoms with Crippen molar-refractivity contribution in [2.24, 2.45) is 0 Å². The van der Waals surface area contributed by atoms with Gasteiger partial charge in [-0.2, -0.15) is 18.3 Å². The predicted molar refractivity (Wildman–Crippen MR) is 70.7 cm³/mol. The number of aromatic nitrogens is 2. The molecule has 0 saturated carbocycles. The van der Waals surface area contributed by atoms with Gasteiger partial charge in [0.25, 0.3) is 0 Å². The third-order valence-electron chi connectivity index (χ3n) is 2.32. The van der Waals surface area contributed by atoms with E-state index in [9.17, 15) is 13.2 Å². The zero-order valence-corrected chi connectivity index (χ0v) is 12.1. The molecule has 19 heavy (non-hydrogen) atoms. The summed E-state index contributed by atoms with van der Waals surface area (Å²) in [6, 6.07) is 1.55. The first-order valence-electron chi connectivity index (χ1n) is 4.77. The largest absolute Gasteiger partial charge is 0.416 e. The number of halogens is 6. The van der Waals surface area contributed by atoms with E-state index < -0.39 is 11.7 Å². The number of alkyl halides is 3. The molecule has 102 valence electrons. The van der Waals surface area contributed by atoms with Crippen LogP contribution in [0.25, 0.3) is 5.69 Å². The van der Waals surface area contributed by atoms with Crippen molar-refractivity contribution in [1.82, 2.24) is 9.78 Å². The molecular weight excluding hydrogens is 370 g/mol. The van der Waals surface area contributed by atoms with Crippen molar-refractivity contribution in [3.63, 3.8) is 0 Å². The van der Waals surface area contributed by atoms with Crippen LogP contribution in [0.15, 0.2) is 22.8 Å². The molecule has 0 bridgehead atoms. The van der Waals surface area contributed by atoms with E-state index in [1.54, 1.807) is 0 Å². The van der Waals surface area contributed by atoms with Gasteiger partial charge in [0.05, 0.1) is 26.3 Å². The van der Waals surface area contributed by atoms with E-state index in [1.807, 2.05) is 0 Å². The minimum absolute atomic E-state index is 0.0968. The molecule has 0 aliphatic heterocycles. The quantitative estimate of drug-likeness (QED) is 0.796. The van der Waals surface area contributed by atoms with Crippen LogP contribution < -0.4 is 5.73 Å². The number of hydrogen-bond donors (Lipinski definition) is 1. The van der Waals surface area contributed by atoms with Gasteiger partial charge in [-0.05, 0) is 28.1 Å². The fraction of sp³-hybridized carbons (Fsp3) is 0.100. The van der Waals surface area contributed by atoms with Crippen molar-refractivity contribution < 1.29 is 13.2 Å². The van der Waals surface area contributed by atoms with Crippen molar-refractivity contribution in [3.05, 3.63) is 38.4 Å². The monoisotopic (exact) mass is 373 g/mol. The highest BCUT2D eigenvalue weighted by molar-refractivity contribution is 9.10. The van der Waals surface area contributed by atoms with E-state index in [2.05, 4.69) is 21.0 Å². The van der Waals surface area contributed by atoms with Crippen LogP contribution in [0, 0.1) is 0 Å². The Balaban J connectivity index is 2.64. The molecule has 1 heterocycles. The third-order valence-corrected chi connectivity index (χ3v) is 3.50. The highest BCUT2D eigenvalue weighted by atomic mass is 79.9. The Kier molecular flexibility index (Phi) is 3.72. The lowest BCUT2D eigenvalue weighted by Gasteiger charge is -2.13. The van der Waals surface area contributed by atoms with E-state index >= 15 is 0 Å². The van der Waals surface area contributed by atoms with Crippen molar-refractivity contribution in [3.8, 4) is 5.69 Å². The van der Waals surface area contributed by atoms with Crippen LogP contribution in [-0.2, 0) is 6.18 Å². The molecule has 2 rings (SSSR count). The van der Waals surface area contributed by atoms with Crippen LogP contribution in [0.2, 0.25) is 10.0 Å². The molecule has 0 radical (unpaired) electrons. The van der Waals surface area contributed by atoms with Crippen molar-refractivity contribution >= 4 is 44.9 Å². The Morgan fingerprint density at radius 3 is 2.11 bits per heavy atom. The number of nitrogen functional groups attached to an aromatic ring is 1. The molecule has 1 aromatic heterocycles. The second kappa shape index (κ2) is 4.88. The molecule has 2 N–H and O–H groups in total. The first-order valence-corrected chi connectivity index (χ1v) is 6.32. The SMILES string of the molecule is Nc1c(Br)cnn1-c1c(Cl)cc(C(F)(F)F)cc1Cl. The summed E-state index contributed by atoms with van der Waals surface area (Å²) in [5, 5.41) is 3.51. The van der Waals surface area contributed by atoms with E-state index in [0.29, 0.717) is 4.47 Å². The van der Waals surface area contributed by atoms with Crippen LogP contribution in [0.4, 0.5) is 19.0 Å². The number of benzene rings is 1. The molecule has 1 aromatic carbocycles. The summed E-state index contributed by atoms with van der Waals surface area (Å²) < 4.78 is 39.4. The minimum Gasteiger partial charge on any atom is -0.383 e. The average Bonchev–Trinajstić information content (AvgIpc) is 2.59. The van der Waals surface area contributed by atoms with E-state index in [-0.39, 0.29) is 21.6 Å². The average molecular weight is 375 g/mol. The maximum atomic E-state index is 12.6. The molecular formula is C10H5BrCl2F3N3. The topological polar surface area (TPSA) is 43.8 Å². The summed E-state index contributed by atoms with van der Waals surface area (Å²) in [5.41, 5.74) is 4.87. The van der Waals surface area contributed by atoms with Gasteiger partial charge in [-0.25, -0.2) is 4.68 Å². The molecule has 2 aromatic rings. The Morgan fingerprint density at radius 2 is 1.74 bits per heavy atom. The normalized spacial score (nSPS) is 11.9. The van der Waals surface area contributed by atoms with Gasteiger partial charge >= 0.3 is 6.18 Å². The van der Waals surface area contributed by atoms with Crippen LogP contribution in [-0.4, -0.2) is 9.78 Å². The van der Waals surface area contributed by atoms with Crippen LogP contribution >= 0.6 is 39.1 Å². The minimum atomic E-state index is -4.53. The number of nitrogens with zero attached hydrogens (tertiary/aromatic N) is 2. The molecule has 0 amide bonds. The zero-order chi connectivity index (χ0) is 14.4. The van der Waals surface area contributed by atoms with Crippen molar-refractivity contribution in [1.29, 1.82) is 0 Å². The maximum absolute atomic E-state index is 12.6. The maximum Gasteiger partial charge on any atom is 0.416 e. The molecule has 0 aliphatic carbocycles. The van der Waals surface area contributed by atoms with Crippen LogP contribution in [0.3, 0.4) is 0 Å². The summed E-state index contributed by atoms with van der Waals surface area (Å²) in [4.78, 5) is 0. The van der Waals surface area contributed by atoms with Crippen molar-refractivity contribution in [2.75, 3.05) is 5.73 Å². The Labute approximate surface area is 124 Å². The molecule has 0 unspecified atom stereocenters. The number of nitrogens with two attached hydrogens (primary N) is 1. The van der Waals surface area contributed by atoms with Gasteiger partial charge in [0.15, 0.2) is 0 Å². The smallest absolute Gasteiger partial charge is 0.383 e. The van der Waals surface area contributed by atoms with Gasteiger partial charge in [-0.3, -0.25) is 0 Å². The second-order valence-electron chi connectivity index (χ2n) is 3.58. The fourth-order valence-corrected chi connectivity index (χ4v) is 2.35. The van der Waals surface area contributed by atoms with E-state index in [4.69, 9.17) is 28.9 Å². The van der Waals surface area contributed by atoms with Gasteiger partial charge in [-0.15, -0.1) is 0 Å². The Hall–Kier alpha value is -0.920. The molecule has 0 spiro atoms. The first-order chi connectivity index (χ1) is 8.71. The lowest BCUT2D eigenvalue weighted by Crippen LogP contribution is -2.08.